The predicted molar refractivity (Wildman–Crippen MR) is 97.6 cm³/mol. The van der Waals surface area contributed by atoms with Crippen molar-refractivity contribution in [2.45, 2.75) is 25.8 Å². The van der Waals surface area contributed by atoms with Gasteiger partial charge in [0.1, 0.15) is 23.5 Å². The molecule has 2 aromatic heterocycles. The third kappa shape index (κ3) is 3.18. The number of aryl methyl sites for hydroxylation is 1. The molecule has 27 heavy (non-hydrogen) atoms. The number of anilines is 1. The topological polar surface area (TPSA) is 106 Å². The average Bonchev–Trinajstić information content (AvgIpc) is 3.20. The first-order valence-electron chi connectivity index (χ1n) is 8.76. The Hall–Kier alpha value is -3.16. The van der Waals surface area contributed by atoms with E-state index in [4.69, 9.17) is 14.3 Å². The van der Waals surface area contributed by atoms with E-state index in [1.807, 2.05) is 36.1 Å². The number of rotatable bonds is 6. The number of aliphatic carboxylic acids is 1. The molecular weight excluding hydrogens is 350 g/mol. The summed E-state index contributed by atoms with van der Waals surface area (Å²) in [4.78, 5) is 32.9. The van der Waals surface area contributed by atoms with Crippen LogP contribution in [0.15, 0.2) is 28.7 Å². The van der Waals surface area contributed by atoms with Crippen molar-refractivity contribution < 1.29 is 23.8 Å². The van der Waals surface area contributed by atoms with Crippen LogP contribution in [0.5, 0.6) is 0 Å². The van der Waals surface area contributed by atoms with E-state index < -0.39 is 5.97 Å². The molecule has 1 aromatic carbocycles. The fourth-order valence-corrected chi connectivity index (χ4v) is 3.86. The fraction of sp³-hybridized carbons (Fsp3) is 0.368. The zero-order chi connectivity index (χ0) is 19.0. The SMILES string of the molecule is Cc1nc(N2C[C@@H](CC(=O)O)C[C@H]2COC=O)c2oc3ccccc3c2n1. The van der Waals surface area contributed by atoms with Crippen molar-refractivity contribution in [2.75, 3.05) is 18.1 Å². The van der Waals surface area contributed by atoms with Crippen LogP contribution in [-0.2, 0) is 14.3 Å². The molecule has 3 aromatic rings. The van der Waals surface area contributed by atoms with Gasteiger partial charge in [0.05, 0.1) is 6.04 Å². The van der Waals surface area contributed by atoms with Gasteiger partial charge < -0.3 is 19.2 Å². The standard InChI is InChI=1S/C19H19N3O5/c1-11-20-17-14-4-2-3-5-15(14)27-18(17)19(21-11)22-8-12(7-16(24)25)6-13(22)9-26-10-23/h2-5,10,12-13H,6-9H2,1H3,(H,24,25)/t12-,13+/m1/s1. The Morgan fingerprint density at radius 2 is 2.22 bits per heavy atom. The van der Waals surface area contributed by atoms with E-state index in [1.54, 1.807) is 0 Å². The largest absolute Gasteiger partial charge is 0.481 e. The summed E-state index contributed by atoms with van der Waals surface area (Å²) in [5.41, 5.74) is 2.01. The van der Waals surface area contributed by atoms with Gasteiger partial charge in [0.2, 0.25) is 0 Å². The number of benzene rings is 1. The van der Waals surface area contributed by atoms with E-state index in [-0.39, 0.29) is 25.0 Å². The molecule has 1 aliphatic heterocycles. The van der Waals surface area contributed by atoms with Crippen LogP contribution in [0.3, 0.4) is 0 Å². The monoisotopic (exact) mass is 369 g/mol. The number of carbonyl (C=O) groups is 2. The number of hydrogen-bond donors (Lipinski definition) is 1. The maximum atomic E-state index is 11.2. The molecule has 1 fully saturated rings. The molecule has 0 radical (unpaired) electrons. The number of carboxylic acid groups (broad SMARTS) is 1. The minimum absolute atomic E-state index is 0.0570. The van der Waals surface area contributed by atoms with Gasteiger partial charge in [0, 0.05) is 18.4 Å². The molecule has 4 rings (SSSR count). The van der Waals surface area contributed by atoms with Gasteiger partial charge in [-0.25, -0.2) is 9.97 Å². The van der Waals surface area contributed by atoms with Crippen LogP contribution < -0.4 is 4.90 Å². The number of hydrogen-bond acceptors (Lipinski definition) is 7. The number of carbonyl (C=O) groups excluding carboxylic acids is 1. The van der Waals surface area contributed by atoms with E-state index in [2.05, 4.69) is 9.97 Å². The van der Waals surface area contributed by atoms with E-state index >= 15 is 0 Å². The lowest BCUT2D eigenvalue weighted by molar-refractivity contribution is -0.138. The minimum atomic E-state index is -0.843. The van der Waals surface area contributed by atoms with Crippen molar-refractivity contribution in [2.24, 2.45) is 5.92 Å². The van der Waals surface area contributed by atoms with Crippen LogP contribution in [0.1, 0.15) is 18.7 Å². The highest BCUT2D eigenvalue weighted by molar-refractivity contribution is 6.05. The summed E-state index contributed by atoms with van der Waals surface area (Å²) in [6.07, 6.45) is 0.659. The van der Waals surface area contributed by atoms with Crippen molar-refractivity contribution in [3.05, 3.63) is 30.1 Å². The summed E-state index contributed by atoms with van der Waals surface area (Å²) in [5.74, 6) is 0.309. The number of aromatic nitrogens is 2. The number of furan rings is 1. The van der Waals surface area contributed by atoms with Crippen LogP contribution in [0, 0.1) is 12.8 Å². The maximum Gasteiger partial charge on any atom is 0.303 e. The van der Waals surface area contributed by atoms with Gasteiger partial charge in [-0.3, -0.25) is 9.59 Å². The van der Waals surface area contributed by atoms with E-state index in [0.29, 0.717) is 36.7 Å². The Kier molecular flexibility index (Phi) is 4.39. The van der Waals surface area contributed by atoms with Crippen molar-refractivity contribution in [1.82, 2.24) is 9.97 Å². The first-order valence-corrected chi connectivity index (χ1v) is 8.76. The summed E-state index contributed by atoms with van der Waals surface area (Å²) in [7, 11) is 0. The molecule has 140 valence electrons. The van der Waals surface area contributed by atoms with Crippen LogP contribution in [0.25, 0.3) is 22.1 Å². The highest BCUT2D eigenvalue weighted by Crippen LogP contribution is 2.37. The summed E-state index contributed by atoms with van der Waals surface area (Å²) in [5, 5.41) is 10.1. The van der Waals surface area contributed by atoms with Gasteiger partial charge in [-0.05, 0) is 31.4 Å². The zero-order valence-corrected chi connectivity index (χ0v) is 14.8. The van der Waals surface area contributed by atoms with Crippen molar-refractivity contribution in [3.63, 3.8) is 0 Å². The Morgan fingerprint density at radius 1 is 1.41 bits per heavy atom. The number of para-hydroxylation sites is 1. The average molecular weight is 369 g/mol. The molecule has 0 spiro atoms. The highest BCUT2D eigenvalue weighted by atomic mass is 16.5. The van der Waals surface area contributed by atoms with Gasteiger partial charge in [-0.1, -0.05) is 12.1 Å². The van der Waals surface area contributed by atoms with Crippen LogP contribution in [-0.4, -0.2) is 46.7 Å². The molecule has 0 saturated carbocycles. The van der Waals surface area contributed by atoms with Gasteiger partial charge in [0.25, 0.3) is 6.47 Å². The molecule has 0 bridgehead atoms. The molecule has 8 nitrogen and oxygen atoms in total. The molecule has 1 N–H and O–H groups in total. The molecule has 8 heteroatoms. The first kappa shape index (κ1) is 17.3. The summed E-state index contributed by atoms with van der Waals surface area (Å²) < 4.78 is 11.0. The Balaban J connectivity index is 1.80. The van der Waals surface area contributed by atoms with Crippen molar-refractivity contribution in [3.8, 4) is 0 Å². The van der Waals surface area contributed by atoms with Gasteiger partial charge in [-0.15, -0.1) is 0 Å². The van der Waals surface area contributed by atoms with Crippen LogP contribution in [0.2, 0.25) is 0 Å². The second kappa shape index (κ2) is 6.86. The molecule has 0 aliphatic carbocycles. The van der Waals surface area contributed by atoms with E-state index in [0.717, 1.165) is 16.5 Å². The molecule has 2 atom stereocenters. The second-order valence-corrected chi connectivity index (χ2v) is 6.81. The molecule has 1 aliphatic rings. The lowest BCUT2D eigenvalue weighted by Gasteiger charge is -2.25. The summed E-state index contributed by atoms with van der Waals surface area (Å²) in [6, 6.07) is 7.48. The number of ether oxygens (including phenoxy) is 1. The van der Waals surface area contributed by atoms with Gasteiger partial charge in [-0.2, -0.15) is 0 Å². The molecule has 0 unspecified atom stereocenters. The Bertz CT molecular complexity index is 1020. The Morgan fingerprint density at radius 3 is 3.00 bits per heavy atom. The van der Waals surface area contributed by atoms with Crippen LogP contribution in [0.4, 0.5) is 5.82 Å². The van der Waals surface area contributed by atoms with Crippen molar-refractivity contribution in [1.29, 1.82) is 0 Å². The fourth-order valence-electron chi connectivity index (χ4n) is 3.86. The third-order valence-electron chi connectivity index (χ3n) is 4.91. The van der Waals surface area contributed by atoms with E-state index in [1.165, 1.54) is 0 Å². The minimum Gasteiger partial charge on any atom is -0.481 e. The lowest BCUT2D eigenvalue weighted by Crippen LogP contribution is -2.34. The Labute approximate surface area is 154 Å². The highest BCUT2D eigenvalue weighted by Gasteiger charge is 2.36. The van der Waals surface area contributed by atoms with Gasteiger partial charge in [0.15, 0.2) is 11.4 Å². The quantitative estimate of drug-likeness (QED) is 0.661. The molecule has 1 saturated heterocycles. The molecular formula is C19H19N3O5. The smallest absolute Gasteiger partial charge is 0.303 e. The normalized spacial score (nSPS) is 19.7. The summed E-state index contributed by atoms with van der Waals surface area (Å²) >= 11 is 0. The van der Waals surface area contributed by atoms with Crippen molar-refractivity contribution >= 4 is 40.3 Å². The number of fused-ring (bicyclic) bond motifs is 3. The van der Waals surface area contributed by atoms with E-state index in [9.17, 15) is 9.59 Å². The molecule has 0 amide bonds. The van der Waals surface area contributed by atoms with Crippen LogP contribution >= 0.6 is 0 Å². The first-order chi connectivity index (χ1) is 13.1. The molecule has 3 heterocycles. The number of carboxylic acids is 1. The maximum absolute atomic E-state index is 11.2. The number of nitrogens with zero attached hydrogens (tertiary/aromatic N) is 3. The predicted octanol–water partition coefficient (Wildman–Crippen LogP) is 2.53. The zero-order valence-electron chi connectivity index (χ0n) is 14.8. The van der Waals surface area contributed by atoms with Gasteiger partial charge >= 0.3 is 5.97 Å². The third-order valence-corrected chi connectivity index (χ3v) is 4.91. The summed E-state index contributed by atoms with van der Waals surface area (Å²) in [6.45, 7) is 2.89. The lowest BCUT2D eigenvalue weighted by atomic mass is 10.0. The second-order valence-electron chi connectivity index (χ2n) is 6.81.